The first-order chi connectivity index (χ1) is 8.23. The summed E-state index contributed by atoms with van der Waals surface area (Å²) in [4.78, 5) is 2.46. The summed E-state index contributed by atoms with van der Waals surface area (Å²) in [7, 11) is 4.50. The molecule has 2 rings (SSSR count). The van der Waals surface area contributed by atoms with Gasteiger partial charge in [0.05, 0.1) is 0 Å². The molecule has 0 N–H and O–H groups in total. The lowest BCUT2D eigenvalue weighted by Gasteiger charge is -2.50. The molecule has 2 nitrogen and oxygen atoms in total. The topological polar surface area (TPSA) is 17.3 Å². The van der Waals surface area contributed by atoms with Crippen molar-refractivity contribution in [3.05, 3.63) is 5.32 Å². The molecule has 0 bridgehead atoms. The maximum absolute atomic E-state index is 4.67. The number of piperidine rings is 1. The zero-order chi connectivity index (χ0) is 12.1. The van der Waals surface area contributed by atoms with Gasteiger partial charge in [-0.15, -0.1) is 13.1 Å². The normalized spacial score (nSPS) is 31.9. The van der Waals surface area contributed by atoms with Gasteiger partial charge in [-0.25, -0.2) is 0 Å². The molecule has 0 aromatic heterocycles. The van der Waals surface area contributed by atoms with Crippen molar-refractivity contribution in [1.29, 1.82) is 0 Å². The third kappa shape index (κ3) is 3.45. The Morgan fingerprint density at radius 2 is 1.88 bits per heavy atom. The minimum atomic E-state index is 0.399. The maximum atomic E-state index is 4.67. The zero-order valence-electron chi connectivity index (χ0n) is 11.7. The lowest BCUT2D eigenvalue weighted by Crippen LogP contribution is -2.49. The van der Waals surface area contributed by atoms with Crippen molar-refractivity contribution in [3.8, 4) is 0 Å². The van der Waals surface area contributed by atoms with Crippen LogP contribution in [0, 0.1) is 5.92 Å². The second-order valence-corrected chi connectivity index (χ2v) is 6.37. The van der Waals surface area contributed by atoms with Crippen molar-refractivity contribution in [1.82, 2.24) is 4.90 Å². The van der Waals surface area contributed by atoms with E-state index in [0.29, 0.717) is 5.54 Å². The molecule has 2 aliphatic rings. The molecule has 0 aromatic carbocycles. The Bertz CT molecular complexity index is 213. The van der Waals surface area contributed by atoms with E-state index in [9.17, 15) is 0 Å². The van der Waals surface area contributed by atoms with Crippen molar-refractivity contribution in [2.24, 2.45) is 5.92 Å². The second-order valence-electron chi connectivity index (χ2n) is 6.37. The molecule has 1 atom stereocenters. The molecule has 0 aromatic rings. The zero-order valence-corrected chi connectivity index (χ0v) is 11.7. The summed E-state index contributed by atoms with van der Waals surface area (Å²) in [6.45, 7) is 2.17. The molecule has 0 spiro atoms. The smallest absolute Gasteiger partial charge is 0.00155 e. The van der Waals surface area contributed by atoms with E-state index < -0.39 is 0 Å². The highest BCUT2D eigenvalue weighted by Crippen LogP contribution is 2.35. The van der Waals surface area contributed by atoms with Crippen LogP contribution in [0.25, 0.3) is 5.32 Å². The SMILES string of the molecule is CN(C)[C@]1(CCC2CCCCC2)CCC[N-]C1. The summed E-state index contributed by atoms with van der Waals surface area (Å²) in [5.41, 5.74) is 0.399. The summed E-state index contributed by atoms with van der Waals surface area (Å²) < 4.78 is 0. The van der Waals surface area contributed by atoms with Crippen molar-refractivity contribution >= 4 is 0 Å². The summed E-state index contributed by atoms with van der Waals surface area (Å²) >= 11 is 0. The van der Waals surface area contributed by atoms with Crippen LogP contribution in [0.2, 0.25) is 0 Å². The highest BCUT2D eigenvalue weighted by Gasteiger charge is 2.30. The van der Waals surface area contributed by atoms with Gasteiger partial charge in [0.15, 0.2) is 0 Å². The van der Waals surface area contributed by atoms with Crippen LogP contribution in [-0.4, -0.2) is 37.6 Å². The van der Waals surface area contributed by atoms with Gasteiger partial charge < -0.3 is 10.2 Å². The minimum Gasteiger partial charge on any atom is -0.661 e. The molecule has 0 amide bonds. The largest absolute Gasteiger partial charge is 0.661 e. The van der Waals surface area contributed by atoms with Crippen molar-refractivity contribution in [2.45, 2.75) is 63.3 Å². The Kier molecular flexibility index (Phi) is 4.87. The molecule has 1 heterocycles. The van der Waals surface area contributed by atoms with Gasteiger partial charge in [0.25, 0.3) is 0 Å². The summed E-state index contributed by atoms with van der Waals surface area (Å²) in [5, 5.41) is 4.67. The fourth-order valence-electron chi connectivity index (χ4n) is 3.63. The molecule has 1 aliphatic heterocycles. The van der Waals surface area contributed by atoms with Crippen molar-refractivity contribution in [3.63, 3.8) is 0 Å². The lowest BCUT2D eigenvalue weighted by atomic mass is 9.78. The summed E-state index contributed by atoms with van der Waals surface area (Å²) in [5.74, 6) is 1.02. The molecular weight excluding hydrogens is 208 g/mol. The average Bonchev–Trinajstić information content (AvgIpc) is 2.38. The predicted molar refractivity (Wildman–Crippen MR) is 74.6 cm³/mol. The molecule has 100 valence electrons. The van der Waals surface area contributed by atoms with E-state index >= 15 is 0 Å². The maximum Gasteiger partial charge on any atom is 0.00155 e. The monoisotopic (exact) mass is 237 g/mol. The number of likely N-dealkylation sites (N-methyl/N-ethyl adjacent to an activating group) is 1. The Labute approximate surface area is 107 Å². The number of hydrogen-bond donors (Lipinski definition) is 0. The van der Waals surface area contributed by atoms with Crippen molar-refractivity contribution in [2.75, 3.05) is 27.2 Å². The standard InChI is InChI=1S/C15H29N2/c1-17(2)15(10-6-12-16-13-15)11-9-14-7-4-3-5-8-14/h14H,3-13H2,1-2H3/q-1/t15-/m0/s1. The van der Waals surface area contributed by atoms with E-state index in [1.807, 2.05) is 0 Å². The molecule has 1 saturated heterocycles. The Morgan fingerprint density at radius 3 is 2.47 bits per heavy atom. The number of nitrogens with zero attached hydrogens (tertiary/aromatic N) is 2. The fourth-order valence-corrected chi connectivity index (χ4v) is 3.63. The first-order valence-corrected chi connectivity index (χ1v) is 7.54. The Morgan fingerprint density at radius 1 is 1.12 bits per heavy atom. The third-order valence-electron chi connectivity index (χ3n) is 5.06. The van der Waals surface area contributed by atoms with E-state index in [4.69, 9.17) is 0 Å². The molecule has 1 aliphatic carbocycles. The second kappa shape index (κ2) is 6.19. The minimum absolute atomic E-state index is 0.399. The van der Waals surface area contributed by atoms with Gasteiger partial charge in [-0.2, -0.15) is 0 Å². The lowest BCUT2D eigenvalue weighted by molar-refractivity contribution is 0.117. The molecule has 2 fully saturated rings. The van der Waals surface area contributed by atoms with Crippen molar-refractivity contribution < 1.29 is 0 Å². The average molecular weight is 237 g/mol. The van der Waals surface area contributed by atoms with Gasteiger partial charge in [0, 0.05) is 5.54 Å². The number of hydrogen-bond acceptors (Lipinski definition) is 1. The van der Waals surface area contributed by atoms with E-state index in [1.165, 1.54) is 57.8 Å². The summed E-state index contributed by atoms with van der Waals surface area (Å²) in [6, 6.07) is 0. The van der Waals surface area contributed by atoms with Crippen LogP contribution in [0.5, 0.6) is 0 Å². The molecule has 1 saturated carbocycles. The van der Waals surface area contributed by atoms with Crippen LogP contribution in [0.1, 0.15) is 57.8 Å². The van der Waals surface area contributed by atoms with Crippen LogP contribution in [-0.2, 0) is 0 Å². The van der Waals surface area contributed by atoms with Gasteiger partial charge in [-0.1, -0.05) is 38.5 Å². The fraction of sp³-hybridized carbons (Fsp3) is 1.00. The highest BCUT2D eigenvalue weighted by atomic mass is 15.2. The third-order valence-corrected chi connectivity index (χ3v) is 5.06. The van der Waals surface area contributed by atoms with E-state index in [2.05, 4.69) is 24.3 Å². The number of rotatable bonds is 4. The van der Waals surface area contributed by atoms with Crippen LogP contribution in [0.3, 0.4) is 0 Å². The Hall–Kier alpha value is -0.0800. The first kappa shape index (κ1) is 13.4. The first-order valence-electron chi connectivity index (χ1n) is 7.54. The summed E-state index contributed by atoms with van der Waals surface area (Å²) in [6.07, 6.45) is 12.9. The molecule has 0 radical (unpaired) electrons. The van der Waals surface area contributed by atoms with Gasteiger partial charge >= 0.3 is 0 Å². The quantitative estimate of drug-likeness (QED) is 0.726. The molecular formula is C15H29N2-. The van der Waals surface area contributed by atoms with Crippen LogP contribution < -0.4 is 0 Å². The van der Waals surface area contributed by atoms with E-state index in [-0.39, 0.29) is 0 Å². The van der Waals surface area contributed by atoms with Crippen LogP contribution in [0.4, 0.5) is 0 Å². The van der Waals surface area contributed by atoms with Gasteiger partial charge in [0.2, 0.25) is 0 Å². The molecule has 0 unspecified atom stereocenters. The van der Waals surface area contributed by atoms with Crippen LogP contribution >= 0.6 is 0 Å². The Balaban J connectivity index is 1.84. The van der Waals surface area contributed by atoms with Gasteiger partial charge in [0.1, 0.15) is 0 Å². The van der Waals surface area contributed by atoms with E-state index in [1.54, 1.807) is 0 Å². The van der Waals surface area contributed by atoms with Crippen LogP contribution in [0.15, 0.2) is 0 Å². The van der Waals surface area contributed by atoms with Gasteiger partial charge in [-0.3, -0.25) is 0 Å². The highest BCUT2D eigenvalue weighted by molar-refractivity contribution is 5.04. The van der Waals surface area contributed by atoms with Gasteiger partial charge in [-0.05, 0) is 39.3 Å². The molecule has 2 heteroatoms. The van der Waals surface area contributed by atoms with E-state index in [0.717, 1.165) is 19.0 Å². The predicted octanol–water partition coefficient (Wildman–Crippen LogP) is 3.81. The molecule has 17 heavy (non-hydrogen) atoms.